The molecule has 0 bridgehead atoms. The van der Waals surface area contributed by atoms with Gasteiger partial charge in [-0.15, -0.1) is 0 Å². The maximum Gasteiger partial charge on any atom is 0.417 e. The highest BCUT2D eigenvalue weighted by atomic mass is 32.2. The summed E-state index contributed by atoms with van der Waals surface area (Å²) >= 11 is 0. The monoisotopic (exact) mass is 443 g/mol. The van der Waals surface area contributed by atoms with Crippen LogP contribution in [0, 0.1) is 0 Å². The lowest BCUT2D eigenvalue weighted by atomic mass is 10.2. The van der Waals surface area contributed by atoms with Crippen LogP contribution in [-0.2, 0) is 25.5 Å². The standard InChI is InChI=1S/C19H20F3N3O4S/c1-29-18(26)15-8-12(10-25(15)17-9-14(23-24-17)11-6-7-11)30(27,28)16-5-3-2-4-13(16)19(20,21)22/h2-5,9,11-12,15H,6-8,10H2,1H3,(H,23,24)/t12-,15?/m1/s1. The van der Waals surface area contributed by atoms with E-state index in [0.717, 1.165) is 36.7 Å². The molecule has 1 aliphatic heterocycles. The van der Waals surface area contributed by atoms with Gasteiger partial charge in [0.25, 0.3) is 0 Å². The molecule has 2 aliphatic rings. The van der Waals surface area contributed by atoms with Gasteiger partial charge in [-0.3, -0.25) is 5.10 Å². The third-order valence-corrected chi connectivity index (χ3v) is 7.76. The van der Waals surface area contributed by atoms with E-state index >= 15 is 0 Å². The maximum atomic E-state index is 13.4. The Hall–Kier alpha value is -2.56. The summed E-state index contributed by atoms with van der Waals surface area (Å²) in [6.07, 6.45) is -2.96. The van der Waals surface area contributed by atoms with Gasteiger partial charge >= 0.3 is 12.1 Å². The molecule has 4 rings (SSSR count). The van der Waals surface area contributed by atoms with Crippen LogP contribution < -0.4 is 4.90 Å². The van der Waals surface area contributed by atoms with E-state index in [-0.39, 0.29) is 13.0 Å². The number of anilines is 1. The quantitative estimate of drug-likeness (QED) is 0.715. The highest BCUT2D eigenvalue weighted by Gasteiger charge is 2.47. The number of ether oxygens (including phenoxy) is 1. The van der Waals surface area contributed by atoms with Crippen LogP contribution in [0.3, 0.4) is 0 Å². The van der Waals surface area contributed by atoms with Gasteiger partial charge < -0.3 is 9.64 Å². The third-order valence-electron chi connectivity index (χ3n) is 5.57. The van der Waals surface area contributed by atoms with Gasteiger partial charge in [0.2, 0.25) is 0 Å². The van der Waals surface area contributed by atoms with Crippen LogP contribution in [0.2, 0.25) is 0 Å². The number of sulfone groups is 1. The van der Waals surface area contributed by atoms with E-state index in [9.17, 15) is 26.4 Å². The average Bonchev–Trinajstić information content (AvgIpc) is 3.26. The Kier molecular flexibility index (Phi) is 5.03. The van der Waals surface area contributed by atoms with Gasteiger partial charge in [-0.05, 0) is 31.4 Å². The van der Waals surface area contributed by atoms with Crippen molar-refractivity contribution >= 4 is 21.6 Å². The van der Waals surface area contributed by atoms with Gasteiger partial charge in [-0.2, -0.15) is 18.3 Å². The lowest BCUT2D eigenvalue weighted by Gasteiger charge is -2.21. The molecule has 0 spiro atoms. The van der Waals surface area contributed by atoms with Gasteiger partial charge in [-0.1, -0.05) is 12.1 Å². The molecule has 2 aromatic rings. The van der Waals surface area contributed by atoms with Crippen LogP contribution in [0.5, 0.6) is 0 Å². The highest BCUT2D eigenvalue weighted by Crippen LogP contribution is 2.41. The second-order valence-electron chi connectivity index (χ2n) is 7.54. The Morgan fingerprint density at radius 1 is 1.27 bits per heavy atom. The lowest BCUT2D eigenvalue weighted by molar-refractivity contribution is -0.142. The summed E-state index contributed by atoms with van der Waals surface area (Å²) in [7, 11) is -3.19. The summed E-state index contributed by atoms with van der Waals surface area (Å²) in [5.74, 6) is 0.0884. The summed E-state index contributed by atoms with van der Waals surface area (Å²) in [4.78, 5) is 13.0. The van der Waals surface area contributed by atoms with Crippen molar-refractivity contribution < 1.29 is 31.1 Å². The molecule has 2 heterocycles. The molecule has 1 saturated carbocycles. The molecule has 2 fully saturated rings. The number of nitrogens with one attached hydrogen (secondary N) is 1. The molecule has 2 atom stereocenters. The number of hydrogen-bond donors (Lipinski definition) is 1. The van der Waals surface area contributed by atoms with Gasteiger partial charge in [0, 0.05) is 24.2 Å². The molecule has 162 valence electrons. The summed E-state index contributed by atoms with van der Waals surface area (Å²) in [6, 6.07) is 4.89. The number of carbonyl (C=O) groups excluding carboxylic acids is 1. The number of benzene rings is 1. The number of rotatable bonds is 5. The lowest BCUT2D eigenvalue weighted by Crippen LogP contribution is -2.37. The van der Waals surface area contributed by atoms with Crippen molar-refractivity contribution in [3.63, 3.8) is 0 Å². The van der Waals surface area contributed by atoms with Crippen LogP contribution in [0.25, 0.3) is 0 Å². The minimum Gasteiger partial charge on any atom is -0.467 e. The molecular formula is C19H20F3N3O4S. The molecule has 1 aromatic carbocycles. The molecule has 0 amide bonds. The molecule has 7 nitrogen and oxygen atoms in total. The number of esters is 1. The van der Waals surface area contributed by atoms with Crippen molar-refractivity contribution in [2.24, 2.45) is 0 Å². The van der Waals surface area contributed by atoms with Crippen LogP contribution in [-0.4, -0.2) is 49.5 Å². The fourth-order valence-electron chi connectivity index (χ4n) is 3.84. The number of hydrogen-bond acceptors (Lipinski definition) is 6. The van der Waals surface area contributed by atoms with Crippen molar-refractivity contribution in [2.45, 2.75) is 47.5 Å². The smallest absolute Gasteiger partial charge is 0.417 e. The zero-order valence-corrected chi connectivity index (χ0v) is 16.8. The van der Waals surface area contributed by atoms with Crippen LogP contribution in [0.15, 0.2) is 35.2 Å². The van der Waals surface area contributed by atoms with Crippen LogP contribution in [0.1, 0.15) is 36.4 Å². The summed E-state index contributed by atoms with van der Waals surface area (Å²) in [5, 5.41) is 5.87. The Bertz CT molecular complexity index is 1060. The predicted molar refractivity (Wildman–Crippen MR) is 101 cm³/mol. The van der Waals surface area contributed by atoms with E-state index < -0.39 is 43.7 Å². The zero-order valence-electron chi connectivity index (χ0n) is 16.0. The molecule has 1 unspecified atom stereocenters. The minimum atomic E-state index is -4.81. The topological polar surface area (TPSA) is 92.4 Å². The van der Waals surface area contributed by atoms with E-state index in [4.69, 9.17) is 4.74 Å². The largest absolute Gasteiger partial charge is 0.467 e. The molecule has 30 heavy (non-hydrogen) atoms. The van der Waals surface area contributed by atoms with E-state index in [1.165, 1.54) is 18.1 Å². The first-order chi connectivity index (χ1) is 14.1. The summed E-state index contributed by atoms with van der Waals surface area (Å²) < 4.78 is 71.3. The fourth-order valence-corrected chi connectivity index (χ4v) is 5.75. The second kappa shape index (κ2) is 7.29. The van der Waals surface area contributed by atoms with E-state index in [1.807, 2.05) is 0 Å². The average molecular weight is 443 g/mol. The Morgan fingerprint density at radius 3 is 2.60 bits per heavy atom. The second-order valence-corrected chi connectivity index (χ2v) is 9.74. The molecule has 1 saturated heterocycles. The molecule has 0 radical (unpaired) electrons. The first-order valence-electron chi connectivity index (χ1n) is 9.43. The summed E-state index contributed by atoms with van der Waals surface area (Å²) in [5.41, 5.74) is -0.323. The van der Waals surface area contributed by atoms with Crippen LogP contribution in [0.4, 0.5) is 19.0 Å². The van der Waals surface area contributed by atoms with Crippen molar-refractivity contribution in [3.05, 3.63) is 41.6 Å². The number of aromatic nitrogens is 2. The van der Waals surface area contributed by atoms with Crippen molar-refractivity contribution in [1.29, 1.82) is 0 Å². The number of aromatic amines is 1. The third kappa shape index (κ3) is 3.66. The van der Waals surface area contributed by atoms with E-state index in [0.29, 0.717) is 11.7 Å². The Labute approximate surface area is 171 Å². The first kappa shape index (κ1) is 20.7. The zero-order chi connectivity index (χ0) is 21.7. The fraction of sp³-hybridized carbons (Fsp3) is 0.474. The number of alkyl halides is 3. The van der Waals surface area contributed by atoms with E-state index in [1.54, 1.807) is 6.07 Å². The molecule has 11 heteroatoms. The maximum absolute atomic E-state index is 13.4. The number of halogens is 3. The molecule has 1 N–H and O–H groups in total. The predicted octanol–water partition coefficient (Wildman–Crippen LogP) is 2.90. The number of nitrogens with zero attached hydrogens (tertiary/aromatic N) is 2. The van der Waals surface area contributed by atoms with Gasteiger partial charge in [-0.25, -0.2) is 13.2 Å². The molecule has 1 aromatic heterocycles. The van der Waals surface area contributed by atoms with Gasteiger partial charge in [0.05, 0.1) is 22.8 Å². The minimum absolute atomic E-state index is 0.163. The Morgan fingerprint density at radius 2 is 1.97 bits per heavy atom. The van der Waals surface area contributed by atoms with Crippen molar-refractivity contribution in [3.8, 4) is 0 Å². The van der Waals surface area contributed by atoms with E-state index in [2.05, 4.69) is 10.2 Å². The number of H-pyrrole nitrogens is 1. The number of methoxy groups -OCH3 is 1. The normalized spacial score (nSPS) is 22.3. The molecule has 1 aliphatic carbocycles. The Balaban J connectivity index is 1.69. The summed E-state index contributed by atoms with van der Waals surface area (Å²) in [6.45, 7) is -0.163. The van der Waals surface area contributed by atoms with Crippen LogP contribution >= 0.6 is 0 Å². The van der Waals surface area contributed by atoms with Gasteiger partial charge in [0.15, 0.2) is 15.7 Å². The van der Waals surface area contributed by atoms with Crippen molar-refractivity contribution in [1.82, 2.24) is 10.2 Å². The SMILES string of the molecule is COC(=O)C1C[C@@H](S(=O)(=O)c2ccccc2C(F)(F)F)CN1c1cc(C2CC2)[nH]n1. The first-order valence-corrected chi connectivity index (χ1v) is 11.0. The molecular weight excluding hydrogens is 423 g/mol. The highest BCUT2D eigenvalue weighted by molar-refractivity contribution is 7.92. The van der Waals surface area contributed by atoms with Crippen molar-refractivity contribution in [2.75, 3.05) is 18.6 Å². The van der Waals surface area contributed by atoms with Gasteiger partial charge in [0.1, 0.15) is 6.04 Å². The number of carbonyl (C=O) groups is 1.